The maximum absolute atomic E-state index is 12.8. The summed E-state index contributed by atoms with van der Waals surface area (Å²) in [4.78, 5) is 38.1. The minimum atomic E-state index is -0.776. The van der Waals surface area contributed by atoms with Gasteiger partial charge in [-0.15, -0.1) is 0 Å². The molecule has 0 aliphatic rings. The summed E-state index contributed by atoms with van der Waals surface area (Å²) < 4.78 is 16.9. The second-order valence-corrected chi connectivity index (χ2v) is 19.5. The third-order valence-corrected chi connectivity index (χ3v) is 12.8. The van der Waals surface area contributed by atoms with E-state index in [0.29, 0.717) is 19.3 Å². The molecule has 0 rings (SSSR count). The average Bonchev–Trinajstić information content (AvgIpc) is 3.34. The van der Waals surface area contributed by atoms with Gasteiger partial charge in [0.25, 0.3) is 0 Å². The first-order chi connectivity index (χ1) is 33.5. The highest BCUT2D eigenvalue weighted by Crippen LogP contribution is 2.16. The number of carbonyl (C=O) groups is 3. The van der Waals surface area contributed by atoms with Gasteiger partial charge in [0.05, 0.1) is 0 Å². The summed E-state index contributed by atoms with van der Waals surface area (Å²) in [6.45, 7) is 6.51. The van der Waals surface area contributed by atoms with Crippen molar-refractivity contribution in [2.75, 3.05) is 13.2 Å². The van der Waals surface area contributed by atoms with Crippen molar-refractivity contribution in [3.8, 4) is 0 Å². The molecule has 0 saturated carbocycles. The summed E-state index contributed by atoms with van der Waals surface area (Å²) in [6, 6.07) is 0. The molecule has 0 aromatic rings. The molecular weight excluding hydrogens is 841 g/mol. The SMILES string of the molecule is CC/C=C\C/C=C\C/C=C\C/C=C\CCCCCCCCCCCCC(=O)OCC(COC(=O)CCCCCCC/C=C\CCCC)OC(=O)CCCCCCCCCCCCCCCCCC. The molecule has 0 aliphatic heterocycles. The maximum Gasteiger partial charge on any atom is 0.306 e. The zero-order chi connectivity index (χ0) is 49.3. The van der Waals surface area contributed by atoms with Crippen LogP contribution in [-0.4, -0.2) is 37.2 Å². The lowest BCUT2D eigenvalue weighted by atomic mass is 10.0. The molecular formula is C62H110O6. The van der Waals surface area contributed by atoms with Crippen molar-refractivity contribution in [1.29, 1.82) is 0 Å². The van der Waals surface area contributed by atoms with Gasteiger partial charge in [0.2, 0.25) is 0 Å². The normalized spacial score (nSPS) is 12.5. The fraction of sp³-hybridized carbons (Fsp3) is 0.790. The average molecular weight is 952 g/mol. The molecule has 0 aliphatic carbocycles. The van der Waals surface area contributed by atoms with Crippen LogP contribution >= 0.6 is 0 Å². The van der Waals surface area contributed by atoms with E-state index in [1.165, 1.54) is 167 Å². The molecule has 394 valence electrons. The van der Waals surface area contributed by atoms with E-state index in [-0.39, 0.29) is 31.1 Å². The van der Waals surface area contributed by atoms with Crippen LogP contribution in [0.5, 0.6) is 0 Å². The van der Waals surface area contributed by atoms with Gasteiger partial charge in [-0.2, -0.15) is 0 Å². The summed E-state index contributed by atoms with van der Waals surface area (Å²) in [7, 11) is 0. The molecule has 0 aromatic heterocycles. The predicted octanol–water partition coefficient (Wildman–Crippen LogP) is 19.6. The van der Waals surface area contributed by atoms with Gasteiger partial charge in [-0.05, 0) is 77.0 Å². The molecule has 0 fully saturated rings. The van der Waals surface area contributed by atoms with E-state index in [0.717, 1.165) is 89.9 Å². The minimum Gasteiger partial charge on any atom is -0.462 e. The molecule has 0 saturated heterocycles. The van der Waals surface area contributed by atoms with Crippen LogP contribution in [-0.2, 0) is 28.6 Å². The summed E-state index contributed by atoms with van der Waals surface area (Å²) in [6.07, 6.45) is 70.7. The molecule has 0 aromatic carbocycles. The van der Waals surface area contributed by atoms with Crippen molar-refractivity contribution in [3.63, 3.8) is 0 Å². The first kappa shape index (κ1) is 65.1. The van der Waals surface area contributed by atoms with Crippen LogP contribution in [0.4, 0.5) is 0 Å². The van der Waals surface area contributed by atoms with E-state index in [2.05, 4.69) is 81.5 Å². The first-order valence-electron chi connectivity index (χ1n) is 29.3. The molecule has 6 nitrogen and oxygen atoms in total. The lowest BCUT2D eigenvalue weighted by Crippen LogP contribution is -2.30. The quantitative estimate of drug-likeness (QED) is 0.0262. The Morgan fingerprint density at radius 2 is 0.588 bits per heavy atom. The highest BCUT2D eigenvalue weighted by atomic mass is 16.6. The molecule has 0 radical (unpaired) electrons. The molecule has 1 unspecified atom stereocenters. The monoisotopic (exact) mass is 951 g/mol. The van der Waals surface area contributed by atoms with E-state index in [4.69, 9.17) is 14.2 Å². The Morgan fingerprint density at radius 1 is 0.309 bits per heavy atom. The lowest BCUT2D eigenvalue weighted by molar-refractivity contribution is -0.167. The zero-order valence-corrected chi connectivity index (χ0v) is 45.1. The largest absolute Gasteiger partial charge is 0.462 e. The highest BCUT2D eigenvalue weighted by Gasteiger charge is 2.19. The predicted molar refractivity (Wildman–Crippen MR) is 293 cm³/mol. The third kappa shape index (κ3) is 54.1. The number of ether oxygens (including phenoxy) is 3. The Bertz CT molecular complexity index is 1230. The van der Waals surface area contributed by atoms with E-state index >= 15 is 0 Å². The molecule has 0 heterocycles. The van der Waals surface area contributed by atoms with Crippen molar-refractivity contribution in [1.82, 2.24) is 0 Å². The summed E-state index contributed by atoms with van der Waals surface area (Å²) in [5.41, 5.74) is 0. The summed E-state index contributed by atoms with van der Waals surface area (Å²) >= 11 is 0. The lowest BCUT2D eigenvalue weighted by Gasteiger charge is -2.18. The molecule has 0 spiro atoms. The fourth-order valence-corrected chi connectivity index (χ4v) is 8.36. The molecule has 6 heteroatoms. The van der Waals surface area contributed by atoms with Gasteiger partial charge < -0.3 is 14.2 Å². The van der Waals surface area contributed by atoms with E-state index in [9.17, 15) is 14.4 Å². The van der Waals surface area contributed by atoms with Crippen molar-refractivity contribution >= 4 is 17.9 Å². The summed E-state index contributed by atoms with van der Waals surface area (Å²) in [5, 5.41) is 0. The highest BCUT2D eigenvalue weighted by molar-refractivity contribution is 5.71. The second-order valence-electron chi connectivity index (χ2n) is 19.5. The van der Waals surface area contributed by atoms with Crippen LogP contribution in [0.2, 0.25) is 0 Å². The van der Waals surface area contributed by atoms with Crippen molar-refractivity contribution < 1.29 is 28.6 Å². The number of esters is 3. The smallest absolute Gasteiger partial charge is 0.306 e. The van der Waals surface area contributed by atoms with Gasteiger partial charge in [-0.3, -0.25) is 14.4 Å². The first-order valence-corrected chi connectivity index (χ1v) is 29.3. The van der Waals surface area contributed by atoms with E-state index < -0.39 is 6.10 Å². The number of hydrogen-bond donors (Lipinski definition) is 0. The van der Waals surface area contributed by atoms with Crippen LogP contribution < -0.4 is 0 Å². The Labute approximate surface area is 421 Å². The van der Waals surface area contributed by atoms with Crippen LogP contribution in [0.15, 0.2) is 60.8 Å². The molecule has 1 atom stereocenters. The second kappa shape index (κ2) is 56.7. The number of hydrogen-bond acceptors (Lipinski definition) is 6. The van der Waals surface area contributed by atoms with E-state index in [1.54, 1.807) is 0 Å². The Balaban J connectivity index is 4.28. The Morgan fingerprint density at radius 3 is 0.956 bits per heavy atom. The van der Waals surface area contributed by atoms with Gasteiger partial charge >= 0.3 is 17.9 Å². The Kier molecular flexibility index (Phi) is 54.3. The van der Waals surface area contributed by atoms with Crippen molar-refractivity contribution in [3.05, 3.63) is 60.8 Å². The maximum atomic E-state index is 12.8. The third-order valence-electron chi connectivity index (χ3n) is 12.8. The van der Waals surface area contributed by atoms with Crippen LogP contribution in [0.1, 0.15) is 297 Å². The number of rotatable bonds is 53. The van der Waals surface area contributed by atoms with Gasteiger partial charge in [0, 0.05) is 19.3 Å². The number of carbonyl (C=O) groups excluding carboxylic acids is 3. The number of unbranched alkanes of at least 4 members (excludes halogenated alkanes) is 32. The van der Waals surface area contributed by atoms with Gasteiger partial charge in [-0.25, -0.2) is 0 Å². The van der Waals surface area contributed by atoms with Crippen LogP contribution in [0, 0.1) is 0 Å². The van der Waals surface area contributed by atoms with Crippen molar-refractivity contribution in [2.24, 2.45) is 0 Å². The van der Waals surface area contributed by atoms with Crippen molar-refractivity contribution in [2.45, 2.75) is 303 Å². The van der Waals surface area contributed by atoms with Gasteiger partial charge in [0.1, 0.15) is 13.2 Å². The van der Waals surface area contributed by atoms with Gasteiger partial charge in [0.15, 0.2) is 6.10 Å². The molecule has 68 heavy (non-hydrogen) atoms. The van der Waals surface area contributed by atoms with Gasteiger partial charge in [-0.1, -0.05) is 261 Å². The zero-order valence-electron chi connectivity index (χ0n) is 45.1. The fourth-order valence-electron chi connectivity index (χ4n) is 8.36. The molecule has 0 bridgehead atoms. The molecule has 0 N–H and O–H groups in total. The minimum absolute atomic E-state index is 0.0762. The number of allylic oxidation sites excluding steroid dienone is 10. The topological polar surface area (TPSA) is 78.9 Å². The standard InChI is InChI=1S/C62H110O6/c1-4-7-10-13-16-19-22-24-26-28-29-30-31-32-33-34-36-37-40-43-46-49-52-55-61(64)67-58-59(57-66-60(63)54-51-48-45-42-39-21-18-15-12-9-6-3)68-62(65)56-53-50-47-44-41-38-35-27-25-23-20-17-14-11-8-5-2/h7,10,15-16,18-19,24,26,29-30,59H,4-6,8-9,11-14,17,20-23,25,27-28,31-58H2,1-3H3/b10-7-,18-15-,19-16-,26-24-,30-29-. The van der Waals surface area contributed by atoms with Crippen LogP contribution in [0.25, 0.3) is 0 Å². The van der Waals surface area contributed by atoms with E-state index in [1.807, 2.05) is 0 Å². The molecule has 0 amide bonds. The Hall–Kier alpha value is -2.89. The summed E-state index contributed by atoms with van der Waals surface area (Å²) in [5.74, 6) is -0.877. The van der Waals surface area contributed by atoms with Crippen LogP contribution in [0.3, 0.4) is 0 Å².